The minimum absolute atomic E-state index is 0.191. The molecule has 15 heavy (non-hydrogen) atoms. The molecule has 1 aliphatic rings. The zero-order chi connectivity index (χ0) is 10.7. The van der Waals surface area contributed by atoms with Gasteiger partial charge in [0.15, 0.2) is 0 Å². The van der Waals surface area contributed by atoms with Crippen LogP contribution in [-0.4, -0.2) is 19.8 Å². The first kappa shape index (κ1) is 11.1. The van der Waals surface area contributed by atoms with Gasteiger partial charge in [-0.15, -0.1) is 0 Å². The number of hydrogen-bond donors (Lipinski definition) is 0. The molecule has 0 aromatic heterocycles. The molecule has 3 heteroatoms. The monoisotopic (exact) mass is 270 g/mol. The van der Waals surface area contributed by atoms with E-state index in [0.29, 0.717) is 6.10 Å². The van der Waals surface area contributed by atoms with Crippen LogP contribution in [0.1, 0.15) is 24.5 Å². The molecule has 0 N–H and O–H groups in total. The predicted molar refractivity (Wildman–Crippen MR) is 62.9 cm³/mol. The van der Waals surface area contributed by atoms with Crippen molar-refractivity contribution in [2.75, 3.05) is 13.7 Å². The summed E-state index contributed by atoms with van der Waals surface area (Å²) in [5.41, 5.74) is 1.24. The van der Waals surface area contributed by atoms with Crippen LogP contribution in [0.3, 0.4) is 0 Å². The second-order valence-electron chi connectivity index (χ2n) is 3.79. The van der Waals surface area contributed by atoms with Crippen molar-refractivity contribution in [2.45, 2.75) is 25.0 Å². The van der Waals surface area contributed by atoms with Gasteiger partial charge in [-0.3, -0.25) is 0 Å². The van der Waals surface area contributed by atoms with Crippen molar-refractivity contribution >= 4 is 15.9 Å². The van der Waals surface area contributed by atoms with E-state index in [1.165, 1.54) is 5.56 Å². The number of hydrogen-bond acceptors (Lipinski definition) is 2. The van der Waals surface area contributed by atoms with E-state index in [2.05, 4.69) is 40.2 Å². The van der Waals surface area contributed by atoms with Crippen molar-refractivity contribution in [1.82, 2.24) is 0 Å². The van der Waals surface area contributed by atoms with Gasteiger partial charge < -0.3 is 9.47 Å². The van der Waals surface area contributed by atoms with Gasteiger partial charge in [0.2, 0.25) is 0 Å². The molecular formula is C12H15BrO2. The van der Waals surface area contributed by atoms with Gasteiger partial charge in [0.05, 0.1) is 12.2 Å². The fourth-order valence-corrected chi connectivity index (χ4v) is 2.15. The zero-order valence-electron chi connectivity index (χ0n) is 8.78. The van der Waals surface area contributed by atoms with Crippen molar-refractivity contribution in [3.05, 3.63) is 34.3 Å². The van der Waals surface area contributed by atoms with E-state index >= 15 is 0 Å². The summed E-state index contributed by atoms with van der Waals surface area (Å²) in [5.74, 6) is 0. The lowest BCUT2D eigenvalue weighted by molar-refractivity contribution is -0.0598. The van der Waals surface area contributed by atoms with Crippen molar-refractivity contribution < 1.29 is 9.47 Å². The van der Waals surface area contributed by atoms with E-state index in [1.807, 2.05) is 0 Å². The fraction of sp³-hybridized carbons (Fsp3) is 0.500. The molecule has 1 aromatic rings. The minimum Gasteiger partial charge on any atom is -0.381 e. The van der Waals surface area contributed by atoms with E-state index in [0.717, 1.165) is 23.9 Å². The Hall–Kier alpha value is -0.380. The van der Waals surface area contributed by atoms with Gasteiger partial charge in [-0.2, -0.15) is 0 Å². The van der Waals surface area contributed by atoms with Crippen molar-refractivity contribution in [2.24, 2.45) is 0 Å². The lowest BCUT2D eigenvalue weighted by Gasteiger charge is -2.28. The summed E-state index contributed by atoms with van der Waals surface area (Å²) in [5, 5.41) is 0. The molecule has 2 rings (SSSR count). The summed E-state index contributed by atoms with van der Waals surface area (Å²) in [4.78, 5) is 0. The average molecular weight is 271 g/mol. The molecule has 0 saturated carbocycles. The number of halogens is 1. The molecule has 1 aliphatic heterocycles. The van der Waals surface area contributed by atoms with E-state index in [-0.39, 0.29) is 6.10 Å². The Kier molecular flexibility index (Phi) is 3.78. The first-order chi connectivity index (χ1) is 7.29. The summed E-state index contributed by atoms with van der Waals surface area (Å²) in [7, 11) is 1.77. The van der Waals surface area contributed by atoms with Gasteiger partial charge in [0.25, 0.3) is 0 Å². The first-order valence-electron chi connectivity index (χ1n) is 5.19. The second-order valence-corrected chi connectivity index (χ2v) is 4.71. The largest absolute Gasteiger partial charge is 0.381 e. The second kappa shape index (κ2) is 5.10. The highest BCUT2D eigenvalue weighted by Gasteiger charge is 2.23. The molecule has 1 saturated heterocycles. The smallest absolute Gasteiger partial charge is 0.0849 e. The van der Waals surface area contributed by atoms with Gasteiger partial charge >= 0.3 is 0 Å². The molecule has 1 heterocycles. The lowest BCUT2D eigenvalue weighted by Crippen LogP contribution is -2.25. The van der Waals surface area contributed by atoms with Gasteiger partial charge in [0, 0.05) is 24.6 Å². The highest BCUT2D eigenvalue weighted by atomic mass is 79.9. The SMILES string of the molecule is CO[C@@H]1CCO[C@H](c2ccc(Br)cc2)C1. The maximum atomic E-state index is 5.74. The molecular weight excluding hydrogens is 256 g/mol. The first-order valence-corrected chi connectivity index (χ1v) is 5.99. The van der Waals surface area contributed by atoms with Crippen LogP contribution in [-0.2, 0) is 9.47 Å². The normalized spacial score (nSPS) is 26.5. The molecule has 0 spiro atoms. The van der Waals surface area contributed by atoms with Crippen molar-refractivity contribution in [1.29, 1.82) is 0 Å². The molecule has 82 valence electrons. The Labute approximate surface area is 98.7 Å². The Bertz CT molecular complexity index is 310. The average Bonchev–Trinajstić information content (AvgIpc) is 2.30. The molecule has 0 unspecified atom stereocenters. The lowest BCUT2D eigenvalue weighted by atomic mass is 9.99. The third kappa shape index (κ3) is 2.80. The van der Waals surface area contributed by atoms with Crippen LogP contribution < -0.4 is 0 Å². The minimum atomic E-state index is 0.191. The highest BCUT2D eigenvalue weighted by Crippen LogP contribution is 2.29. The summed E-state index contributed by atoms with van der Waals surface area (Å²) < 4.78 is 12.2. The van der Waals surface area contributed by atoms with Gasteiger partial charge in [-0.05, 0) is 24.1 Å². The van der Waals surface area contributed by atoms with E-state index in [9.17, 15) is 0 Å². The topological polar surface area (TPSA) is 18.5 Å². The molecule has 0 amide bonds. The number of methoxy groups -OCH3 is 1. The third-order valence-corrected chi connectivity index (χ3v) is 3.34. The maximum Gasteiger partial charge on any atom is 0.0849 e. The highest BCUT2D eigenvalue weighted by molar-refractivity contribution is 9.10. The molecule has 2 nitrogen and oxygen atoms in total. The molecule has 0 aliphatic carbocycles. The van der Waals surface area contributed by atoms with E-state index in [1.54, 1.807) is 7.11 Å². The summed E-state index contributed by atoms with van der Waals surface area (Å²) in [6.07, 6.45) is 2.49. The summed E-state index contributed by atoms with van der Waals surface area (Å²) in [6, 6.07) is 8.31. The Morgan fingerprint density at radius 1 is 1.33 bits per heavy atom. The Balaban J connectivity index is 2.06. The molecule has 2 atom stereocenters. The standard InChI is InChI=1S/C12H15BrO2/c1-14-11-6-7-15-12(8-11)9-2-4-10(13)5-3-9/h2-5,11-12H,6-8H2,1H3/t11-,12+/m1/s1. The van der Waals surface area contributed by atoms with Crippen LogP contribution in [0, 0.1) is 0 Å². The number of ether oxygens (including phenoxy) is 2. The van der Waals surface area contributed by atoms with Crippen molar-refractivity contribution in [3.63, 3.8) is 0 Å². The van der Waals surface area contributed by atoms with E-state index < -0.39 is 0 Å². The third-order valence-electron chi connectivity index (χ3n) is 2.81. The summed E-state index contributed by atoms with van der Waals surface area (Å²) >= 11 is 3.43. The maximum absolute atomic E-state index is 5.74. The number of benzene rings is 1. The van der Waals surface area contributed by atoms with Crippen LogP contribution in [0.4, 0.5) is 0 Å². The van der Waals surface area contributed by atoms with Crippen LogP contribution in [0.25, 0.3) is 0 Å². The zero-order valence-corrected chi connectivity index (χ0v) is 10.4. The van der Waals surface area contributed by atoms with Gasteiger partial charge in [-0.1, -0.05) is 28.1 Å². The predicted octanol–water partition coefficient (Wildman–Crippen LogP) is 3.32. The molecule has 1 aromatic carbocycles. The molecule has 0 radical (unpaired) electrons. The van der Waals surface area contributed by atoms with Crippen LogP contribution >= 0.6 is 15.9 Å². The molecule has 0 bridgehead atoms. The van der Waals surface area contributed by atoms with Crippen molar-refractivity contribution in [3.8, 4) is 0 Å². The van der Waals surface area contributed by atoms with Crippen LogP contribution in [0.15, 0.2) is 28.7 Å². The van der Waals surface area contributed by atoms with E-state index in [4.69, 9.17) is 9.47 Å². The van der Waals surface area contributed by atoms with Gasteiger partial charge in [0.1, 0.15) is 0 Å². The quantitative estimate of drug-likeness (QED) is 0.821. The molecule has 1 fully saturated rings. The van der Waals surface area contributed by atoms with Crippen LogP contribution in [0.2, 0.25) is 0 Å². The number of rotatable bonds is 2. The van der Waals surface area contributed by atoms with Gasteiger partial charge in [-0.25, -0.2) is 0 Å². The Morgan fingerprint density at radius 3 is 2.73 bits per heavy atom. The van der Waals surface area contributed by atoms with Crippen LogP contribution in [0.5, 0.6) is 0 Å². The Morgan fingerprint density at radius 2 is 2.07 bits per heavy atom. The summed E-state index contributed by atoms with van der Waals surface area (Å²) in [6.45, 7) is 0.791. The fourth-order valence-electron chi connectivity index (χ4n) is 1.89.